The van der Waals surface area contributed by atoms with E-state index in [0.29, 0.717) is 19.8 Å². The molecule has 0 aromatic carbocycles. The fourth-order valence-corrected chi connectivity index (χ4v) is 2.12. The van der Waals surface area contributed by atoms with Crippen molar-refractivity contribution in [3.05, 3.63) is 0 Å². The van der Waals surface area contributed by atoms with Gasteiger partial charge in [0.1, 0.15) is 6.61 Å². The first-order valence-electron chi connectivity index (χ1n) is 6.42. The molecule has 6 nitrogen and oxygen atoms in total. The van der Waals surface area contributed by atoms with Gasteiger partial charge in [0.15, 0.2) is 0 Å². The van der Waals surface area contributed by atoms with Crippen molar-refractivity contribution in [1.29, 1.82) is 0 Å². The zero-order valence-electron chi connectivity index (χ0n) is 10.9. The molecular formula is C12H22N2O4. The van der Waals surface area contributed by atoms with E-state index in [2.05, 4.69) is 0 Å². The van der Waals surface area contributed by atoms with Gasteiger partial charge in [-0.15, -0.1) is 0 Å². The number of hydrogen-bond acceptors (Lipinski definition) is 5. The van der Waals surface area contributed by atoms with Gasteiger partial charge >= 0.3 is 5.97 Å². The summed E-state index contributed by atoms with van der Waals surface area (Å²) in [5, 5.41) is 0. The maximum absolute atomic E-state index is 11.3. The number of likely N-dealkylation sites (tertiary alicyclic amines) is 1. The summed E-state index contributed by atoms with van der Waals surface area (Å²) in [5.41, 5.74) is 5.35. The summed E-state index contributed by atoms with van der Waals surface area (Å²) in [6.07, 6.45) is 2.92. The SMILES string of the molecule is CCOC(=O)COCCN1CCCCC1C(N)=O. The maximum atomic E-state index is 11.3. The molecular weight excluding hydrogens is 236 g/mol. The van der Waals surface area contributed by atoms with E-state index in [9.17, 15) is 9.59 Å². The second kappa shape index (κ2) is 8.05. The summed E-state index contributed by atoms with van der Waals surface area (Å²) in [4.78, 5) is 24.3. The van der Waals surface area contributed by atoms with Gasteiger partial charge in [0.05, 0.1) is 19.3 Å². The molecule has 0 spiro atoms. The van der Waals surface area contributed by atoms with Gasteiger partial charge in [0, 0.05) is 6.54 Å². The first kappa shape index (κ1) is 14.9. The predicted octanol–water partition coefficient (Wildman–Crippen LogP) is -0.0941. The van der Waals surface area contributed by atoms with Crippen LogP contribution in [-0.2, 0) is 19.1 Å². The monoisotopic (exact) mass is 258 g/mol. The summed E-state index contributed by atoms with van der Waals surface area (Å²) < 4.78 is 9.95. The summed E-state index contributed by atoms with van der Waals surface area (Å²) in [6.45, 7) is 3.95. The molecule has 1 unspecified atom stereocenters. The third-order valence-corrected chi connectivity index (χ3v) is 2.99. The summed E-state index contributed by atoms with van der Waals surface area (Å²) >= 11 is 0. The number of nitrogens with zero attached hydrogens (tertiary/aromatic N) is 1. The minimum absolute atomic E-state index is 0.0388. The summed E-state index contributed by atoms with van der Waals surface area (Å²) in [7, 11) is 0. The van der Waals surface area contributed by atoms with E-state index >= 15 is 0 Å². The number of hydrogen-bond donors (Lipinski definition) is 1. The van der Waals surface area contributed by atoms with Crippen LogP contribution in [0.5, 0.6) is 0 Å². The van der Waals surface area contributed by atoms with Crippen LogP contribution < -0.4 is 5.73 Å². The second-order valence-electron chi connectivity index (χ2n) is 4.31. The first-order valence-corrected chi connectivity index (χ1v) is 6.42. The highest BCUT2D eigenvalue weighted by atomic mass is 16.6. The van der Waals surface area contributed by atoms with Crippen molar-refractivity contribution in [2.45, 2.75) is 32.2 Å². The van der Waals surface area contributed by atoms with Gasteiger partial charge in [-0.2, -0.15) is 0 Å². The van der Waals surface area contributed by atoms with Crippen molar-refractivity contribution in [2.75, 3.05) is 32.9 Å². The highest BCUT2D eigenvalue weighted by Crippen LogP contribution is 2.15. The van der Waals surface area contributed by atoms with Gasteiger partial charge in [-0.25, -0.2) is 4.79 Å². The number of rotatable bonds is 7. The number of amides is 1. The Balaban J connectivity index is 2.20. The molecule has 0 aromatic heterocycles. The highest BCUT2D eigenvalue weighted by Gasteiger charge is 2.26. The molecule has 1 rings (SSSR count). The van der Waals surface area contributed by atoms with E-state index in [1.165, 1.54) is 0 Å². The van der Waals surface area contributed by atoms with Gasteiger partial charge < -0.3 is 15.2 Å². The maximum Gasteiger partial charge on any atom is 0.332 e. The second-order valence-corrected chi connectivity index (χ2v) is 4.31. The van der Waals surface area contributed by atoms with Crippen molar-refractivity contribution in [3.8, 4) is 0 Å². The lowest BCUT2D eigenvalue weighted by molar-refractivity contribution is -0.148. The lowest BCUT2D eigenvalue weighted by Gasteiger charge is -2.33. The van der Waals surface area contributed by atoms with E-state index < -0.39 is 0 Å². The van der Waals surface area contributed by atoms with E-state index in [1.54, 1.807) is 6.92 Å². The minimum atomic E-state index is -0.359. The molecule has 104 valence electrons. The van der Waals surface area contributed by atoms with Crippen LogP contribution in [0.1, 0.15) is 26.2 Å². The van der Waals surface area contributed by atoms with Crippen LogP contribution in [0.25, 0.3) is 0 Å². The fraction of sp³-hybridized carbons (Fsp3) is 0.833. The molecule has 1 saturated heterocycles. The zero-order valence-corrected chi connectivity index (χ0v) is 10.9. The lowest BCUT2D eigenvalue weighted by atomic mass is 10.0. The molecule has 18 heavy (non-hydrogen) atoms. The van der Waals surface area contributed by atoms with Crippen LogP contribution in [0.2, 0.25) is 0 Å². The molecule has 1 atom stereocenters. The van der Waals surface area contributed by atoms with Gasteiger partial charge in [0.2, 0.25) is 5.91 Å². The molecule has 2 N–H and O–H groups in total. The Hall–Kier alpha value is -1.14. The van der Waals surface area contributed by atoms with Crippen LogP contribution >= 0.6 is 0 Å². The Morgan fingerprint density at radius 1 is 1.39 bits per heavy atom. The van der Waals surface area contributed by atoms with Crippen molar-refractivity contribution in [2.24, 2.45) is 5.73 Å². The molecule has 1 heterocycles. The van der Waals surface area contributed by atoms with Crippen LogP contribution in [0.15, 0.2) is 0 Å². The van der Waals surface area contributed by atoms with Crippen LogP contribution in [0.4, 0.5) is 0 Å². The number of esters is 1. The van der Waals surface area contributed by atoms with E-state index in [4.69, 9.17) is 15.2 Å². The molecule has 0 saturated carbocycles. The van der Waals surface area contributed by atoms with Crippen molar-refractivity contribution >= 4 is 11.9 Å². The van der Waals surface area contributed by atoms with Gasteiger partial charge in [-0.3, -0.25) is 9.69 Å². The molecule has 0 radical (unpaired) electrons. The average Bonchev–Trinajstić information content (AvgIpc) is 2.35. The number of primary amides is 1. The Kier molecular flexibility index (Phi) is 6.67. The smallest absolute Gasteiger partial charge is 0.332 e. The third kappa shape index (κ3) is 5.01. The predicted molar refractivity (Wildman–Crippen MR) is 65.9 cm³/mol. The molecule has 0 aliphatic carbocycles. The topological polar surface area (TPSA) is 81.9 Å². The third-order valence-electron chi connectivity index (χ3n) is 2.99. The zero-order chi connectivity index (χ0) is 13.4. The number of ether oxygens (including phenoxy) is 2. The Morgan fingerprint density at radius 3 is 2.83 bits per heavy atom. The van der Waals surface area contributed by atoms with Crippen molar-refractivity contribution in [1.82, 2.24) is 4.90 Å². The fourth-order valence-electron chi connectivity index (χ4n) is 2.12. The standard InChI is InChI=1S/C12H22N2O4/c1-2-18-11(15)9-17-8-7-14-6-4-3-5-10(14)12(13)16/h10H,2-9H2,1H3,(H2,13,16). The number of piperidine rings is 1. The van der Waals surface area contributed by atoms with Gasteiger partial charge in [0.25, 0.3) is 0 Å². The minimum Gasteiger partial charge on any atom is -0.464 e. The average molecular weight is 258 g/mol. The molecule has 1 fully saturated rings. The molecule has 6 heteroatoms. The lowest BCUT2D eigenvalue weighted by Crippen LogP contribution is -2.48. The van der Waals surface area contributed by atoms with Crippen LogP contribution in [-0.4, -0.2) is 55.7 Å². The van der Waals surface area contributed by atoms with Crippen LogP contribution in [0, 0.1) is 0 Å². The molecule has 1 amide bonds. The molecule has 1 aliphatic rings. The first-order chi connectivity index (χ1) is 8.65. The van der Waals surface area contributed by atoms with Crippen LogP contribution in [0.3, 0.4) is 0 Å². The Bertz CT molecular complexity index is 283. The van der Waals surface area contributed by atoms with E-state index in [-0.39, 0.29) is 24.5 Å². The summed E-state index contributed by atoms with van der Waals surface area (Å²) in [6, 6.07) is -0.190. The van der Waals surface area contributed by atoms with E-state index in [1.807, 2.05) is 4.90 Å². The molecule has 0 bridgehead atoms. The van der Waals surface area contributed by atoms with Crippen molar-refractivity contribution in [3.63, 3.8) is 0 Å². The quantitative estimate of drug-likeness (QED) is 0.509. The normalized spacial score (nSPS) is 20.6. The molecule has 1 aliphatic heterocycles. The van der Waals surface area contributed by atoms with E-state index in [0.717, 1.165) is 25.8 Å². The number of nitrogens with two attached hydrogens (primary N) is 1. The molecule has 0 aromatic rings. The number of carbonyl (C=O) groups is 2. The van der Waals surface area contributed by atoms with Crippen molar-refractivity contribution < 1.29 is 19.1 Å². The largest absolute Gasteiger partial charge is 0.464 e. The highest BCUT2D eigenvalue weighted by molar-refractivity contribution is 5.79. The van der Waals surface area contributed by atoms with Gasteiger partial charge in [-0.1, -0.05) is 6.42 Å². The Labute approximate surface area is 107 Å². The Morgan fingerprint density at radius 2 is 2.17 bits per heavy atom. The number of carbonyl (C=O) groups excluding carboxylic acids is 2. The summed E-state index contributed by atoms with van der Waals surface area (Å²) in [5.74, 6) is -0.636. The van der Waals surface area contributed by atoms with Gasteiger partial charge in [-0.05, 0) is 26.3 Å².